The maximum absolute atomic E-state index is 5.84. The first kappa shape index (κ1) is 7.19. The van der Waals surface area contributed by atoms with E-state index in [0.717, 1.165) is 18.6 Å². The number of allylic oxidation sites excluding steroid dienone is 2. The van der Waals surface area contributed by atoms with Gasteiger partial charge in [-0.1, -0.05) is 18.2 Å². The zero-order valence-electron chi connectivity index (χ0n) is 7.55. The molecule has 0 amide bonds. The quantitative estimate of drug-likeness (QED) is 0.584. The molecule has 1 aromatic carbocycles. The molecule has 1 heterocycles. The average Bonchev–Trinajstić information content (AvgIpc) is 3.00. The van der Waals surface area contributed by atoms with E-state index in [2.05, 4.69) is 18.2 Å². The van der Waals surface area contributed by atoms with Crippen LogP contribution in [0.1, 0.15) is 24.8 Å². The molecule has 1 nitrogen and oxygen atoms in total. The summed E-state index contributed by atoms with van der Waals surface area (Å²) < 4.78 is 5.84. The summed E-state index contributed by atoms with van der Waals surface area (Å²) in [6.45, 7) is 0. The Morgan fingerprint density at radius 3 is 2.62 bits per heavy atom. The van der Waals surface area contributed by atoms with Crippen LogP contribution in [-0.4, -0.2) is 0 Å². The minimum Gasteiger partial charge on any atom is -0.461 e. The van der Waals surface area contributed by atoms with Crippen molar-refractivity contribution in [2.45, 2.75) is 25.7 Å². The number of aryl methyl sites for hydroxylation is 1. The molecule has 0 atom stereocenters. The van der Waals surface area contributed by atoms with Crippen molar-refractivity contribution in [3.05, 3.63) is 41.2 Å². The summed E-state index contributed by atoms with van der Waals surface area (Å²) in [5, 5.41) is 0. The summed E-state index contributed by atoms with van der Waals surface area (Å²) in [5.74, 6) is 2.32. The van der Waals surface area contributed by atoms with Crippen LogP contribution in [0.4, 0.5) is 0 Å². The fraction of sp³-hybridized carbons (Fsp3) is 0.333. The first-order valence-corrected chi connectivity index (χ1v) is 4.90. The van der Waals surface area contributed by atoms with E-state index in [0.29, 0.717) is 0 Å². The topological polar surface area (TPSA) is 9.23 Å². The Labute approximate surface area is 78.0 Å². The number of fused-ring (bicyclic) bond motifs is 1. The lowest BCUT2D eigenvalue weighted by atomic mass is 10.0. The molecule has 1 saturated carbocycles. The van der Waals surface area contributed by atoms with Crippen molar-refractivity contribution >= 4 is 0 Å². The lowest BCUT2D eigenvalue weighted by Gasteiger charge is -2.19. The molecule has 13 heavy (non-hydrogen) atoms. The van der Waals surface area contributed by atoms with Gasteiger partial charge in [-0.3, -0.25) is 0 Å². The van der Waals surface area contributed by atoms with Crippen LogP contribution in [0.2, 0.25) is 0 Å². The standard InChI is InChI=1S/C12H12O/c1-2-4-11-9(3-1)7-8-12(13-11)10-5-6-10/h1-4H,5-8H2. The molecule has 0 spiro atoms. The highest BCUT2D eigenvalue weighted by Gasteiger charge is 2.23. The van der Waals surface area contributed by atoms with E-state index < -0.39 is 0 Å². The highest BCUT2D eigenvalue weighted by atomic mass is 16.5. The molecule has 1 aromatic rings. The van der Waals surface area contributed by atoms with Gasteiger partial charge in [-0.05, 0) is 36.5 Å². The molecule has 1 aliphatic heterocycles. The first-order chi connectivity index (χ1) is 6.43. The fourth-order valence-corrected chi connectivity index (χ4v) is 1.83. The minimum atomic E-state index is 1.07. The normalized spacial score (nSPS) is 19.4. The Bertz CT molecular complexity index is 370. The Hall–Kier alpha value is -1.24. The molecule has 0 radical (unpaired) electrons. The van der Waals surface area contributed by atoms with Gasteiger partial charge in [0, 0.05) is 6.42 Å². The molecule has 1 fully saturated rings. The van der Waals surface area contributed by atoms with E-state index in [1.807, 2.05) is 6.07 Å². The Balaban J connectivity index is 1.99. The fourth-order valence-electron chi connectivity index (χ4n) is 1.83. The van der Waals surface area contributed by atoms with Crippen molar-refractivity contribution in [1.82, 2.24) is 0 Å². The van der Waals surface area contributed by atoms with E-state index in [1.54, 1.807) is 0 Å². The molecule has 1 heteroatoms. The van der Waals surface area contributed by atoms with Crippen LogP contribution in [0.3, 0.4) is 0 Å². The third-order valence-corrected chi connectivity index (χ3v) is 2.72. The van der Waals surface area contributed by atoms with Crippen molar-refractivity contribution in [3.8, 4) is 5.75 Å². The number of hydrogen-bond acceptors (Lipinski definition) is 1. The van der Waals surface area contributed by atoms with E-state index >= 15 is 0 Å². The molecule has 0 bridgehead atoms. The molecule has 0 aromatic heterocycles. The summed E-state index contributed by atoms with van der Waals surface area (Å²) in [6, 6.07) is 8.35. The van der Waals surface area contributed by atoms with E-state index in [-0.39, 0.29) is 0 Å². The van der Waals surface area contributed by atoms with Crippen LogP contribution in [0.25, 0.3) is 0 Å². The largest absolute Gasteiger partial charge is 0.461 e. The zero-order chi connectivity index (χ0) is 8.67. The second-order valence-electron chi connectivity index (χ2n) is 3.74. The van der Waals surface area contributed by atoms with E-state index in [4.69, 9.17) is 4.74 Å². The van der Waals surface area contributed by atoms with Gasteiger partial charge in [0.25, 0.3) is 0 Å². The number of benzene rings is 1. The number of hydrogen-bond donors (Lipinski definition) is 0. The third-order valence-electron chi connectivity index (χ3n) is 2.72. The Morgan fingerprint density at radius 1 is 0.923 bits per heavy atom. The summed E-state index contributed by atoms with van der Waals surface area (Å²) in [4.78, 5) is 0. The van der Waals surface area contributed by atoms with Crippen LogP contribution in [0, 0.1) is 0 Å². The number of rotatable bonds is 0. The molecule has 3 rings (SSSR count). The zero-order valence-corrected chi connectivity index (χ0v) is 7.55. The Kier molecular flexibility index (Phi) is 1.45. The van der Waals surface area contributed by atoms with Crippen molar-refractivity contribution in [2.24, 2.45) is 0 Å². The second kappa shape index (κ2) is 2.63. The van der Waals surface area contributed by atoms with E-state index in [9.17, 15) is 0 Å². The summed E-state index contributed by atoms with van der Waals surface area (Å²) in [6.07, 6.45) is 4.77. The van der Waals surface area contributed by atoms with Gasteiger partial charge in [0.05, 0.1) is 0 Å². The second-order valence-corrected chi connectivity index (χ2v) is 3.74. The van der Waals surface area contributed by atoms with Gasteiger partial charge in [-0.25, -0.2) is 0 Å². The predicted molar refractivity (Wildman–Crippen MR) is 51.7 cm³/mol. The lowest BCUT2D eigenvalue weighted by Crippen LogP contribution is -2.06. The average molecular weight is 172 g/mol. The third kappa shape index (κ3) is 1.24. The number of ether oxygens (including phenoxy) is 1. The van der Waals surface area contributed by atoms with Crippen LogP contribution in [0.5, 0.6) is 5.75 Å². The van der Waals surface area contributed by atoms with Gasteiger partial charge in [0.15, 0.2) is 0 Å². The smallest absolute Gasteiger partial charge is 0.130 e. The van der Waals surface area contributed by atoms with Crippen LogP contribution < -0.4 is 4.74 Å². The maximum atomic E-state index is 5.84. The van der Waals surface area contributed by atoms with Crippen molar-refractivity contribution in [2.75, 3.05) is 0 Å². The number of para-hydroxylation sites is 1. The lowest BCUT2D eigenvalue weighted by molar-refractivity contribution is 0.375. The van der Waals surface area contributed by atoms with Crippen molar-refractivity contribution < 1.29 is 4.74 Å². The Morgan fingerprint density at radius 2 is 1.77 bits per heavy atom. The highest BCUT2D eigenvalue weighted by Crippen LogP contribution is 2.38. The van der Waals surface area contributed by atoms with Crippen LogP contribution in [-0.2, 0) is 6.42 Å². The first-order valence-electron chi connectivity index (χ1n) is 4.90. The molecule has 0 saturated heterocycles. The molecule has 2 aliphatic rings. The van der Waals surface area contributed by atoms with Gasteiger partial charge >= 0.3 is 0 Å². The molecular formula is C12H12O. The molecule has 0 N–H and O–H groups in total. The highest BCUT2D eigenvalue weighted by molar-refractivity contribution is 5.39. The van der Waals surface area contributed by atoms with Crippen LogP contribution >= 0.6 is 0 Å². The van der Waals surface area contributed by atoms with Gasteiger partial charge in [-0.2, -0.15) is 0 Å². The maximum Gasteiger partial charge on any atom is 0.130 e. The van der Waals surface area contributed by atoms with Gasteiger partial charge in [-0.15, -0.1) is 0 Å². The molecule has 66 valence electrons. The summed E-state index contributed by atoms with van der Waals surface area (Å²) >= 11 is 0. The molecule has 0 unspecified atom stereocenters. The van der Waals surface area contributed by atoms with Crippen molar-refractivity contribution in [3.63, 3.8) is 0 Å². The van der Waals surface area contributed by atoms with E-state index in [1.165, 1.54) is 29.7 Å². The summed E-state index contributed by atoms with van der Waals surface area (Å²) in [7, 11) is 0. The van der Waals surface area contributed by atoms with Crippen LogP contribution in [0.15, 0.2) is 35.6 Å². The molecular weight excluding hydrogens is 160 g/mol. The minimum absolute atomic E-state index is 1.07. The van der Waals surface area contributed by atoms with Gasteiger partial charge in [0.1, 0.15) is 11.5 Å². The predicted octanol–water partition coefficient (Wildman–Crippen LogP) is 3.06. The SMILES string of the molecule is c1ccc2c(c1)CCC(=C1CC1)O2. The van der Waals surface area contributed by atoms with Gasteiger partial charge in [0.2, 0.25) is 0 Å². The van der Waals surface area contributed by atoms with Crippen molar-refractivity contribution in [1.29, 1.82) is 0 Å². The molecule has 1 aliphatic carbocycles. The van der Waals surface area contributed by atoms with Gasteiger partial charge < -0.3 is 4.74 Å². The monoisotopic (exact) mass is 172 g/mol. The summed E-state index contributed by atoms with van der Waals surface area (Å²) in [5.41, 5.74) is 2.89.